The lowest BCUT2D eigenvalue weighted by atomic mass is 10.2. The zero-order valence-corrected chi connectivity index (χ0v) is 12.8. The van der Waals surface area contributed by atoms with E-state index in [0.717, 1.165) is 0 Å². The fourth-order valence-corrected chi connectivity index (χ4v) is 2.81. The first kappa shape index (κ1) is 14.8. The molecule has 0 unspecified atom stereocenters. The Morgan fingerprint density at radius 1 is 1.55 bits per heavy atom. The predicted octanol–water partition coefficient (Wildman–Crippen LogP) is 3.91. The number of nitrogens with zero attached hydrogens (tertiary/aromatic N) is 2. The molecule has 20 heavy (non-hydrogen) atoms. The van der Waals surface area contributed by atoms with E-state index in [1.165, 1.54) is 17.1 Å². The van der Waals surface area contributed by atoms with Crippen LogP contribution in [0.2, 0.25) is 5.02 Å². The third kappa shape index (κ3) is 3.29. The van der Waals surface area contributed by atoms with Crippen LogP contribution in [0.5, 0.6) is 0 Å². The van der Waals surface area contributed by atoms with Crippen LogP contribution >= 0.6 is 22.9 Å². The van der Waals surface area contributed by atoms with Gasteiger partial charge in [-0.05, 0) is 31.4 Å². The van der Waals surface area contributed by atoms with Gasteiger partial charge in [-0.25, -0.2) is 9.78 Å². The summed E-state index contributed by atoms with van der Waals surface area (Å²) < 4.78 is 0. The highest BCUT2D eigenvalue weighted by Crippen LogP contribution is 2.28. The Labute approximate surface area is 126 Å². The number of aromatic nitrogens is 1. The van der Waals surface area contributed by atoms with E-state index in [1.807, 2.05) is 11.4 Å². The van der Waals surface area contributed by atoms with Gasteiger partial charge in [0.1, 0.15) is 5.82 Å². The molecular formula is C14H15ClN2O2S. The second kappa shape index (κ2) is 6.24. The van der Waals surface area contributed by atoms with Crippen LogP contribution in [-0.2, 0) is 6.54 Å². The molecule has 0 atom stereocenters. The van der Waals surface area contributed by atoms with E-state index < -0.39 is 5.97 Å². The summed E-state index contributed by atoms with van der Waals surface area (Å²) in [5.41, 5.74) is 0.0959. The number of anilines is 1. The first-order chi connectivity index (χ1) is 9.49. The summed E-state index contributed by atoms with van der Waals surface area (Å²) in [6, 6.07) is 5.70. The van der Waals surface area contributed by atoms with Gasteiger partial charge in [0.2, 0.25) is 0 Å². The Morgan fingerprint density at radius 2 is 2.30 bits per heavy atom. The van der Waals surface area contributed by atoms with Crippen LogP contribution in [0.3, 0.4) is 0 Å². The minimum atomic E-state index is -1.03. The first-order valence-corrected chi connectivity index (χ1v) is 7.42. The van der Waals surface area contributed by atoms with E-state index in [4.69, 9.17) is 16.7 Å². The maximum atomic E-state index is 10.9. The van der Waals surface area contributed by atoms with Crippen molar-refractivity contribution < 1.29 is 9.90 Å². The van der Waals surface area contributed by atoms with E-state index in [-0.39, 0.29) is 11.6 Å². The fraction of sp³-hybridized carbons (Fsp3) is 0.286. The lowest BCUT2D eigenvalue weighted by Crippen LogP contribution is -2.31. The molecule has 0 aliphatic rings. The van der Waals surface area contributed by atoms with Gasteiger partial charge in [-0.15, -0.1) is 11.3 Å². The fourth-order valence-electron chi connectivity index (χ4n) is 1.83. The van der Waals surface area contributed by atoms with E-state index in [2.05, 4.69) is 29.8 Å². The molecule has 2 aromatic heterocycles. The van der Waals surface area contributed by atoms with Crippen LogP contribution in [0.15, 0.2) is 29.8 Å². The van der Waals surface area contributed by atoms with Crippen LogP contribution in [0.25, 0.3) is 0 Å². The molecule has 6 heteroatoms. The van der Waals surface area contributed by atoms with Crippen molar-refractivity contribution in [2.24, 2.45) is 0 Å². The maximum absolute atomic E-state index is 10.9. The first-order valence-electron chi connectivity index (χ1n) is 6.17. The molecule has 0 bridgehead atoms. The van der Waals surface area contributed by atoms with E-state index in [0.29, 0.717) is 17.4 Å². The molecular weight excluding hydrogens is 296 g/mol. The van der Waals surface area contributed by atoms with Crippen LogP contribution in [0, 0.1) is 0 Å². The zero-order valence-electron chi connectivity index (χ0n) is 11.2. The smallest absolute Gasteiger partial charge is 0.337 e. The Balaban J connectivity index is 2.32. The third-order valence-corrected chi connectivity index (χ3v) is 4.01. The number of rotatable bonds is 5. The molecule has 0 fully saturated rings. The summed E-state index contributed by atoms with van der Waals surface area (Å²) >= 11 is 7.86. The van der Waals surface area contributed by atoms with Crippen molar-refractivity contribution in [3.8, 4) is 0 Å². The van der Waals surface area contributed by atoms with Gasteiger partial charge in [0.05, 0.1) is 17.1 Å². The number of hydrogen-bond acceptors (Lipinski definition) is 4. The molecule has 0 aliphatic heterocycles. The standard InChI is InChI=1S/C14H15ClN2O2S/c1-9(2)17(8-11-4-3-5-20-11)13-12(15)6-10(7-16-13)14(18)19/h3-7,9H,8H2,1-2H3,(H,18,19). The Kier molecular flexibility index (Phi) is 4.62. The van der Waals surface area contributed by atoms with Crippen LogP contribution < -0.4 is 4.90 Å². The highest BCUT2D eigenvalue weighted by Gasteiger charge is 2.18. The zero-order chi connectivity index (χ0) is 14.7. The van der Waals surface area contributed by atoms with E-state index in [9.17, 15) is 4.79 Å². The molecule has 0 amide bonds. The van der Waals surface area contributed by atoms with Gasteiger partial charge in [-0.2, -0.15) is 0 Å². The van der Waals surface area contributed by atoms with Crippen LogP contribution in [0.4, 0.5) is 5.82 Å². The quantitative estimate of drug-likeness (QED) is 0.909. The molecule has 2 aromatic rings. The van der Waals surface area contributed by atoms with Crippen molar-refractivity contribution in [1.29, 1.82) is 0 Å². The molecule has 0 saturated heterocycles. The van der Waals surface area contributed by atoms with E-state index >= 15 is 0 Å². The number of aromatic carboxylic acids is 1. The van der Waals surface area contributed by atoms with Gasteiger partial charge in [-0.3, -0.25) is 0 Å². The van der Waals surface area contributed by atoms with Crippen molar-refractivity contribution in [3.63, 3.8) is 0 Å². The average Bonchev–Trinajstić information content (AvgIpc) is 2.89. The van der Waals surface area contributed by atoms with Gasteiger partial charge in [0.25, 0.3) is 0 Å². The monoisotopic (exact) mass is 310 g/mol. The van der Waals surface area contributed by atoms with E-state index in [1.54, 1.807) is 11.3 Å². The van der Waals surface area contributed by atoms with Crippen molar-refractivity contribution in [1.82, 2.24) is 4.98 Å². The summed E-state index contributed by atoms with van der Waals surface area (Å²) in [6.45, 7) is 4.81. The molecule has 0 aliphatic carbocycles. The molecule has 2 rings (SSSR count). The molecule has 0 spiro atoms. The Hall–Kier alpha value is -1.59. The number of carboxylic acids is 1. The molecule has 4 nitrogen and oxygen atoms in total. The normalized spacial score (nSPS) is 10.8. The lowest BCUT2D eigenvalue weighted by molar-refractivity contribution is 0.0696. The molecule has 2 heterocycles. The van der Waals surface area contributed by atoms with Crippen molar-refractivity contribution in [3.05, 3.63) is 45.2 Å². The number of pyridine rings is 1. The van der Waals surface area contributed by atoms with Crippen molar-refractivity contribution >= 4 is 34.7 Å². The van der Waals surface area contributed by atoms with Gasteiger partial charge < -0.3 is 10.0 Å². The maximum Gasteiger partial charge on any atom is 0.337 e. The minimum Gasteiger partial charge on any atom is -0.478 e. The van der Waals surface area contributed by atoms with Crippen molar-refractivity contribution in [2.75, 3.05) is 4.90 Å². The van der Waals surface area contributed by atoms with Gasteiger partial charge in [-0.1, -0.05) is 17.7 Å². The second-order valence-corrected chi connectivity index (χ2v) is 6.08. The largest absolute Gasteiger partial charge is 0.478 e. The molecule has 0 aromatic carbocycles. The molecule has 1 N–H and O–H groups in total. The number of carboxylic acid groups (broad SMARTS) is 1. The van der Waals surface area contributed by atoms with Crippen LogP contribution in [-0.4, -0.2) is 22.1 Å². The second-order valence-electron chi connectivity index (χ2n) is 4.64. The summed E-state index contributed by atoms with van der Waals surface area (Å²) in [5, 5.41) is 11.3. The van der Waals surface area contributed by atoms with Gasteiger partial charge >= 0.3 is 5.97 Å². The van der Waals surface area contributed by atoms with Crippen LogP contribution in [0.1, 0.15) is 29.1 Å². The highest BCUT2D eigenvalue weighted by molar-refractivity contribution is 7.09. The average molecular weight is 311 g/mol. The number of halogens is 1. The third-order valence-electron chi connectivity index (χ3n) is 2.87. The lowest BCUT2D eigenvalue weighted by Gasteiger charge is -2.28. The SMILES string of the molecule is CC(C)N(Cc1cccs1)c1ncc(C(=O)O)cc1Cl. The Bertz CT molecular complexity index is 599. The molecule has 0 saturated carbocycles. The molecule has 0 radical (unpaired) electrons. The van der Waals surface area contributed by atoms with Gasteiger partial charge in [0, 0.05) is 17.1 Å². The predicted molar refractivity (Wildman–Crippen MR) is 81.8 cm³/mol. The number of carbonyl (C=O) groups is 1. The Morgan fingerprint density at radius 3 is 2.80 bits per heavy atom. The summed E-state index contributed by atoms with van der Waals surface area (Å²) in [5.74, 6) is -0.416. The highest BCUT2D eigenvalue weighted by atomic mass is 35.5. The topological polar surface area (TPSA) is 53.4 Å². The number of thiophene rings is 1. The minimum absolute atomic E-state index is 0.0959. The summed E-state index contributed by atoms with van der Waals surface area (Å²) in [7, 11) is 0. The summed E-state index contributed by atoms with van der Waals surface area (Å²) in [4.78, 5) is 18.4. The number of hydrogen-bond donors (Lipinski definition) is 1. The summed E-state index contributed by atoms with van der Waals surface area (Å²) in [6.07, 6.45) is 1.34. The van der Waals surface area contributed by atoms with Crippen molar-refractivity contribution in [2.45, 2.75) is 26.4 Å². The molecule has 106 valence electrons. The van der Waals surface area contributed by atoms with Gasteiger partial charge in [0.15, 0.2) is 0 Å².